The number of anilines is 2. The zero-order valence-electron chi connectivity index (χ0n) is 22.3. The number of aromatic nitrogens is 2. The summed E-state index contributed by atoms with van der Waals surface area (Å²) in [6, 6.07) is 12.9. The quantitative estimate of drug-likeness (QED) is 0.274. The summed E-state index contributed by atoms with van der Waals surface area (Å²) in [5, 5.41) is 14.8. The Bertz CT molecular complexity index is 1650. The van der Waals surface area contributed by atoms with E-state index in [4.69, 9.17) is 9.47 Å². The van der Waals surface area contributed by atoms with Crippen molar-refractivity contribution in [3.05, 3.63) is 106 Å². The number of hydrogen-bond donors (Lipinski definition) is 3. The molecule has 2 aromatic carbocycles. The topological polar surface area (TPSA) is 132 Å². The van der Waals surface area contributed by atoms with Crippen LogP contribution in [0.1, 0.15) is 36.7 Å². The lowest BCUT2D eigenvalue weighted by Crippen LogP contribution is -2.28. The average molecular weight is 565 g/mol. The second-order valence-electron chi connectivity index (χ2n) is 9.70. The molecule has 0 saturated heterocycles. The van der Waals surface area contributed by atoms with Crippen molar-refractivity contribution in [1.29, 1.82) is 0 Å². The van der Waals surface area contributed by atoms with Crippen LogP contribution in [-0.4, -0.2) is 32.3 Å². The maximum atomic E-state index is 15.0. The third-order valence-electron chi connectivity index (χ3n) is 5.50. The predicted molar refractivity (Wildman–Crippen MR) is 146 cm³/mol. The lowest BCUT2D eigenvalue weighted by molar-refractivity contribution is 0.0634. The van der Waals surface area contributed by atoms with Crippen molar-refractivity contribution < 1.29 is 33.0 Å². The smallest absolute Gasteiger partial charge is 0.413 e. The fourth-order valence-electron chi connectivity index (χ4n) is 3.68. The standard InChI is InChI=1S/C29H26F2N4O6/c1-29(2,3)41-28(39)34-25-21(16-36)23(12-13-32-25)40-24-11-8-18(15-22(24)31)33-26(37)20-5-4-14-35(27(20)38)19-9-6-17(30)7-10-19/h4-15,36H,16H2,1-3H3,(H,33,37)(H,32,34,39). The van der Waals surface area contributed by atoms with Gasteiger partial charge in [-0.25, -0.2) is 18.6 Å². The van der Waals surface area contributed by atoms with Gasteiger partial charge in [0.25, 0.3) is 11.5 Å². The zero-order chi connectivity index (χ0) is 29.7. The Balaban J connectivity index is 1.51. The molecule has 2 amide bonds. The minimum Gasteiger partial charge on any atom is -0.454 e. The van der Waals surface area contributed by atoms with Crippen molar-refractivity contribution in [3.8, 4) is 17.2 Å². The third-order valence-corrected chi connectivity index (χ3v) is 5.50. The molecule has 0 atom stereocenters. The molecule has 2 aromatic heterocycles. The first-order valence-electron chi connectivity index (χ1n) is 12.3. The van der Waals surface area contributed by atoms with Gasteiger partial charge in [0.15, 0.2) is 11.6 Å². The Hall–Kier alpha value is -5.10. The van der Waals surface area contributed by atoms with Crippen molar-refractivity contribution >= 4 is 23.5 Å². The molecule has 0 aliphatic rings. The number of amides is 2. The lowest BCUT2D eigenvalue weighted by atomic mass is 10.2. The molecule has 0 aliphatic heterocycles. The average Bonchev–Trinajstić information content (AvgIpc) is 2.90. The summed E-state index contributed by atoms with van der Waals surface area (Å²) in [6.45, 7) is 4.47. The van der Waals surface area contributed by atoms with E-state index in [0.29, 0.717) is 5.69 Å². The van der Waals surface area contributed by atoms with Gasteiger partial charge in [-0.15, -0.1) is 0 Å². The second-order valence-corrected chi connectivity index (χ2v) is 9.70. The van der Waals surface area contributed by atoms with Gasteiger partial charge in [-0.05, 0) is 75.4 Å². The molecule has 4 rings (SSSR count). The van der Waals surface area contributed by atoms with Gasteiger partial charge in [-0.3, -0.25) is 19.5 Å². The van der Waals surface area contributed by atoms with Crippen molar-refractivity contribution in [3.63, 3.8) is 0 Å². The van der Waals surface area contributed by atoms with Crippen molar-refractivity contribution in [2.45, 2.75) is 33.0 Å². The number of hydrogen-bond acceptors (Lipinski definition) is 7. The number of rotatable bonds is 7. The summed E-state index contributed by atoms with van der Waals surface area (Å²) in [6.07, 6.45) is 1.93. The van der Waals surface area contributed by atoms with Gasteiger partial charge < -0.3 is 19.9 Å². The van der Waals surface area contributed by atoms with Crippen LogP contribution in [-0.2, 0) is 11.3 Å². The van der Waals surface area contributed by atoms with E-state index in [1.54, 1.807) is 20.8 Å². The fourth-order valence-corrected chi connectivity index (χ4v) is 3.68. The molecule has 3 N–H and O–H groups in total. The maximum Gasteiger partial charge on any atom is 0.413 e. The zero-order valence-corrected chi connectivity index (χ0v) is 22.3. The van der Waals surface area contributed by atoms with E-state index >= 15 is 0 Å². The first-order chi connectivity index (χ1) is 19.4. The number of aliphatic hydroxyl groups excluding tert-OH is 1. The number of halogens is 2. The second kappa shape index (κ2) is 12.0. The number of pyridine rings is 2. The van der Waals surface area contributed by atoms with Gasteiger partial charge in [0.1, 0.15) is 28.5 Å². The number of carbonyl (C=O) groups excluding carboxylic acids is 2. The highest BCUT2D eigenvalue weighted by atomic mass is 19.1. The maximum absolute atomic E-state index is 15.0. The van der Waals surface area contributed by atoms with Crippen LogP contribution in [0, 0.1) is 11.6 Å². The molecule has 212 valence electrons. The van der Waals surface area contributed by atoms with Crippen molar-refractivity contribution in [1.82, 2.24) is 9.55 Å². The first-order valence-corrected chi connectivity index (χ1v) is 12.3. The van der Waals surface area contributed by atoms with Gasteiger partial charge in [0.2, 0.25) is 0 Å². The summed E-state index contributed by atoms with van der Waals surface area (Å²) in [7, 11) is 0. The highest BCUT2D eigenvalue weighted by Crippen LogP contribution is 2.32. The van der Waals surface area contributed by atoms with Crippen LogP contribution in [0.25, 0.3) is 5.69 Å². The summed E-state index contributed by atoms with van der Waals surface area (Å²) in [5.74, 6) is -2.37. The van der Waals surface area contributed by atoms with Gasteiger partial charge in [-0.2, -0.15) is 0 Å². The van der Waals surface area contributed by atoms with Crippen LogP contribution in [0.2, 0.25) is 0 Å². The van der Waals surface area contributed by atoms with Crippen LogP contribution < -0.4 is 20.9 Å². The minimum atomic E-state index is -0.859. The molecule has 0 spiro atoms. The number of ether oxygens (including phenoxy) is 2. The van der Waals surface area contributed by atoms with E-state index in [1.165, 1.54) is 71.6 Å². The lowest BCUT2D eigenvalue weighted by Gasteiger charge is -2.20. The van der Waals surface area contributed by atoms with E-state index in [2.05, 4.69) is 15.6 Å². The molecule has 0 saturated carbocycles. The number of aliphatic hydroxyl groups is 1. The molecular weight excluding hydrogens is 538 g/mol. The Morgan fingerprint density at radius 1 is 1.00 bits per heavy atom. The van der Waals surface area contributed by atoms with Gasteiger partial charge >= 0.3 is 6.09 Å². The molecule has 0 aliphatic carbocycles. The molecule has 0 unspecified atom stereocenters. The molecule has 2 heterocycles. The SMILES string of the molecule is CC(C)(C)OC(=O)Nc1nccc(Oc2ccc(NC(=O)c3cccn(-c4ccc(F)cc4)c3=O)cc2F)c1CO. The van der Waals surface area contributed by atoms with E-state index < -0.39 is 41.4 Å². The first kappa shape index (κ1) is 28.9. The predicted octanol–water partition coefficient (Wildman–Crippen LogP) is 5.39. The number of carbonyl (C=O) groups is 2. The largest absolute Gasteiger partial charge is 0.454 e. The minimum absolute atomic E-state index is 0.0230. The molecule has 10 nitrogen and oxygen atoms in total. The molecule has 12 heteroatoms. The molecule has 41 heavy (non-hydrogen) atoms. The fraction of sp³-hybridized carbons (Fsp3) is 0.172. The summed E-state index contributed by atoms with van der Waals surface area (Å²) < 4.78 is 40.3. The summed E-state index contributed by atoms with van der Waals surface area (Å²) in [4.78, 5) is 41.9. The van der Waals surface area contributed by atoms with Crippen LogP contribution >= 0.6 is 0 Å². The van der Waals surface area contributed by atoms with Gasteiger partial charge in [0.05, 0.1) is 12.2 Å². The van der Waals surface area contributed by atoms with Crippen LogP contribution in [0.4, 0.5) is 25.1 Å². The summed E-state index contributed by atoms with van der Waals surface area (Å²) >= 11 is 0. The van der Waals surface area contributed by atoms with Gasteiger partial charge in [0, 0.05) is 29.8 Å². The van der Waals surface area contributed by atoms with Crippen molar-refractivity contribution in [2.24, 2.45) is 0 Å². The monoisotopic (exact) mass is 564 g/mol. The highest BCUT2D eigenvalue weighted by Gasteiger charge is 2.20. The molecule has 0 bridgehead atoms. The highest BCUT2D eigenvalue weighted by molar-refractivity contribution is 6.04. The van der Waals surface area contributed by atoms with E-state index in [-0.39, 0.29) is 34.1 Å². The molecule has 0 radical (unpaired) electrons. The van der Waals surface area contributed by atoms with Crippen LogP contribution in [0.5, 0.6) is 11.5 Å². The Labute approximate surface area is 233 Å². The Kier molecular flexibility index (Phi) is 8.43. The van der Waals surface area contributed by atoms with Crippen molar-refractivity contribution in [2.75, 3.05) is 10.6 Å². The Morgan fingerprint density at radius 2 is 1.73 bits per heavy atom. The Morgan fingerprint density at radius 3 is 2.39 bits per heavy atom. The number of benzene rings is 2. The normalized spacial score (nSPS) is 11.1. The van der Waals surface area contributed by atoms with E-state index in [1.807, 2.05) is 0 Å². The molecule has 4 aromatic rings. The molecular formula is C29H26F2N4O6. The van der Waals surface area contributed by atoms with E-state index in [9.17, 15) is 28.3 Å². The van der Waals surface area contributed by atoms with Gasteiger partial charge in [-0.1, -0.05) is 0 Å². The molecule has 0 fully saturated rings. The number of nitrogens with zero attached hydrogens (tertiary/aromatic N) is 2. The van der Waals surface area contributed by atoms with E-state index in [0.717, 1.165) is 6.07 Å². The summed E-state index contributed by atoms with van der Waals surface area (Å²) in [5.41, 5.74) is -1.15. The third kappa shape index (κ3) is 7.11. The van der Waals surface area contributed by atoms with Crippen LogP contribution in [0.3, 0.4) is 0 Å². The number of nitrogens with one attached hydrogen (secondary N) is 2. The van der Waals surface area contributed by atoms with Crippen LogP contribution in [0.15, 0.2) is 77.9 Å².